The molecule has 0 aromatic rings. The number of hydrogen-bond donors (Lipinski definition) is 0. The van der Waals surface area contributed by atoms with Gasteiger partial charge in [0.2, 0.25) is 0 Å². The fourth-order valence-electron chi connectivity index (χ4n) is 6.38. The summed E-state index contributed by atoms with van der Waals surface area (Å²) in [7, 11) is 0. The molecular formula is C22H30O4. The van der Waals surface area contributed by atoms with E-state index in [2.05, 4.69) is 12.8 Å². The lowest BCUT2D eigenvalue weighted by molar-refractivity contribution is -0.168. The molecular weight excluding hydrogens is 328 g/mol. The number of ketones is 2. The minimum atomic E-state index is -0.815. The maximum Gasteiger partial charge on any atom is 0.304 e. The summed E-state index contributed by atoms with van der Waals surface area (Å²) in [5, 5.41) is 0. The Bertz CT molecular complexity index is 660. The second kappa shape index (κ2) is 6.83. The van der Waals surface area contributed by atoms with Crippen LogP contribution in [0.2, 0.25) is 0 Å². The van der Waals surface area contributed by atoms with Crippen LogP contribution >= 0.6 is 0 Å². The molecule has 142 valence electrons. The van der Waals surface area contributed by atoms with Gasteiger partial charge in [0.05, 0.1) is 0 Å². The number of terminal acetylenes is 1. The zero-order chi connectivity index (χ0) is 19.1. The van der Waals surface area contributed by atoms with Gasteiger partial charge in [-0.3, -0.25) is 9.59 Å². The lowest BCUT2D eigenvalue weighted by Crippen LogP contribution is -2.54. The molecule has 0 radical (unpaired) electrons. The minimum absolute atomic E-state index is 0.0109. The summed E-state index contributed by atoms with van der Waals surface area (Å²) in [6.45, 7) is 5.21. The average molecular weight is 358 g/mol. The Morgan fingerprint density at radius 3 is 2.54 bits per heavy atom. The van der Waals surface area contributed by atoms with Gasteiger partial charge in [-0.25, -0.2) is 0 Å². The van der Waals surface area contributed by atoms with Gasteiger partial charge >= 0.3 is 5.97 Å². The van der Waals surface area contributed by atoms with Gasteiger partial charge in [0.25, 0.3) is 0 Å². The third-order valence-corrected chi connectivity index (χ3v) is 7.63. The Morgan fingerprint density at radius 1 is 1.19 bits per heavy atom. The molecule has 0 aromatic heterocycles. The number of carbonyl (C=O) groups excluding carboxylic acids is 3. The average Bonchev–Trinajstić information content (AvgIpc) is 2.86. The topological polar surface area (TPSA) is 60.4 Å². The molecule has 3 aliphatic carbocycles. The van der Waals surface area contributed by atoms with E-state index in [1.807, 2.05) is 0 Å². The van der Waals surface area contributed by atoms with Crippen molar-refractivity contribution in [3.8, 4) is 12.3 Å². The first-order valence-electron chi connectivity index (χ1n) is 9.93. The van der Waals surface area contributed by atoms with E-state index in [0.29, 0.717) is 49.2 Å². The molecule has 3 saturated carbocycles. The van der Waals surface area contributed by atoms with E-state index >= 15 is 0 Å². The number of hydrogen-bond acceptors (Lipinski definition) is 4. The van der Waals surface area contributed by atoms with Crippen LogP contribution in [0.5, 0.6) is 0 Å². The first-order valence-corrected chi connectivity index (χ1v) is 9.93. The summed E-state index contributed by atoms with van der Waals surface area (Å²) >= 11 is 0. The molecule has 3 rings (SSSR count). The van der Waals surface area contributed by atoms with Gasteiger partial charge in [0, 0.05) is 31.1 Å². The van der Waals surface area contributed by atoms with E-state index in [0.717, 1.165) is 25.7 Å². The summed E-state index contributed by atoms with van der Waals surface area (Å²) in [6, 6.07) is 0. The largest absolute Gasteiger partial charge is 0.445 e. The fraction of sp³-hybridized carbons (Fsp3) is 0.773. The van der Waals surface area contributed by atoms with Gasteiger partial charge in [-0.05, 0) is 63.2 Å². The highest BCUT2D eigenvalue weighted by Crippen LogP contribution is 2.64. The van der Waals surface area contributed by atoms with Crippen molar-refractivity contribution in [1.29, 1.82) is 0 Å². The number of esters is 1. The molecule has 26 heavy (non-hydrogen) atoms. The molecule has 0 spiro atoms. The van der Waals surface area contributed by atoms with Crippen molar-refractivity contribution in [1.82, 2.24) is 0 Å². The Kier molecular flexibility index (Phi) is 5.03. The second-order valence-corrected chi connectivity index (χ2v) is 8.85. The first kappa shape index (κ1) is 19.1. The molecule has 4 heteroatoms. The molecule has 0 saturated heterocycles. The van der Waals surface area contributed by atoms with Crippen molar-refractivity contribution in [3.05, 3.63) is 0 Å². The van der Waals surface area contributed by atoms with Crippen LogP contribution in [0.3, 0.4) is 0 Å². The third kappa shape index (κ3) is 2.90. The van der Waals surface area contributed by atoms with Gasteiger partial charge in [0.15, 0.2) is 5.60 Å². The lowest BCUT2D eigenvalue weighted by Gasteiger charge is -2.53. The standard InChI is InChI=1S/C22H30O4/c1-5-22(26-15(3)24)13-11-19-17-8-9-20(25)18(7-6-14(2)23)16(17)10-12-21(19,22)4/h1,16-19H,6-13H2,2-4H3/t16-,17+,18+,19-,21-,22-/m0/s1. The zero-order valence-electron chi connectivity index (χ0n) is 16.2. The molecule has 4 nitrogen and oxygen atoms in total. The molecule has 6 atom stereocenters. The van der Waals surface area contributed by atoms with Crippen LogP contribution < -0.4 is 0 Å². The highest BCUT2D eigenvalue weighted by molar-refractivity contribution is 5.83. The lowest BCUT2D eigenvalue weighted by atomic mass is 9.51. The maximum atomic E-state index is 12.5. The van der Waals surface area contributed by atoms with Crippen LogP contribution in [0.4, 0.5) is 0 Å². The molecule has 0 amide bonds. The van der Waals surface area contributed by atoms with E-state index in [4.69, 9.17) is 11.2 Å². The molecule has 0 heterocycles. The molecule has 0 bridgehead atoms. The van der Waals surface area contributed by atoms with Crippen molar-refractivity contribution >= 4 is 17.5 Å². The van der Waals surface area contributed by atoms with Gasteiger partial charge in [-0.1, -0.05) is 12.8 Å². The van der Waals surface area contributed by atoms with Gasteiger partial charge in [-0.2, -0.15) is 0 Å². The number of fused-ring (bicyclic) bond motifs is 3. The van der Waals surface area contributed by atoms with E-state index in [1.54, 1.807) is 6.92 Å². The van der Waals surface area contributed by atoms with Crippen molar-refractivity contribution in [3.63, 3.8) is 0 Å². The minimum Gasteiger partial charge on any atom is -0.445 e. The summed E-state index contributed by atoms with van der Waals surface area (Å²) in [5.74, 6) is 4.20. The molecule has 0 N–H and O–H groups in total. The predicted octanol–water partition coefficient (Wildman–Crippen LogP) is 3.71. The van der Waals surface area contributed by atoms with Crippen LogP contribution in [-0.4, -0.2) is 23.1 Å². The normalized spacial score (nSPS) is 41.7. The smallest absolute Gasteiger partial charge is 0.304 e. The van der Waals surface area contributed by atoms with E-state index < -0.39 is 5.60 Å². The Balaban J connectivity index is 1.86. The third-order valence-electron chi connectivity index (χ3n) is 7.63. The number of rotatable bonds is 4. The van der Waals surface area contributed by atoms with E-state index in [9.17, 15) is 14.4 Å². The quantitative estimate of drug-likeness (QED) is 0.568. The van der Waals surface area contributed by atoms with Crippen molar-refractivity contribution in [2.24, 2.45) is 29.1 Å². The predicted molar refractivity (Wildman–Crippen MR) is 98.0 cm³/mol. The van der Waals surface area contributed by atoms with Crippen molar-refractivity contribution < 1.29 is 19.1 Å². The number of carbonyl (C=O) groups is 3. The first-order chi connectivity index (χ1) is 12.2. The monoisotopic (exact) mass is 358 g/mol. The summed E-state index contributed by atoms with van der Waals surface area (Å²) in [5.41, 5.74) is -1.04. The molecule has 3 aliphatic rings. The van der Waals surface area contributed by atoms with Crippen LogP contribution in [0.25, 0.3) is 0 Å². The summed E-state index contributed by atoms with van der Waals surface area (Å²) in [6.07, 6.45) is 12.0. The van der Waals surface area contributed by atoms with Gasteiger partial charge in [-0.15, -0.1) is 6.42 Å². The summed E-state index contributed by atoms with van der Waals surface area (Å²) < 4.78 is 5.74. The van der Waals surface area contributed by atoms with Crippen LogP contribution in [0, 0.1) is 41.4 Å². The highest BCUT2D eigenvalue weighted by atomic mass is 16.6. The Labute approximate surface area is 156 Å². The van der Waals surface area contributed by atoms with Gasteiger partial charge < -0.3 is 9.53 Å². The SMILES string of the molecule is C#C[C@]1(OC(C)=O)CC[C@H]2[C@@H]3CCC(=O)[C@H](CCC(C)=O)[C@H]3CC[C@@]21C. The van der Waals surface area contributed by atoms with Crippen LogP contribution in [-0.2, 0) is 19.1 Å². The van der Waals surface area contributed by atoms with Crippen molar-refractivity contribution in [2.75, 3.05) is 0 Å². The molecule has 3 fully saturated rings. The molecule has 0 aromatic carbocycles. The van der Waals surface area contributed by atoms with Crippen molar-refractivity contribution in [2.45, 2.75) is 77.7 Å². The van der Waals surface area contributed by atoms with Crippen LogP contribution in [0.1, 0.15) is 72.1 Å². The fourth-order valence-corrected chi connectivity index (χ4v) is 6.38. The number of ether oxygens (including phenoxy) is 1. The Morgan fingerprint density at radius 2 is 1.92 bits per heavy atom. The second-order valence-electron chi connectivity index (χ2n) is 8.85. The zero-order valence-corrected chi connectivity index (χ0v) is 16.2. The molecule has 0 aliphatic heterocycles. The van der Waals surface area contributed by atoms with Crippen LogP contribution in [0.15, 0.2) is 0 Å². The summed E-state index contributed by atoms with van der Waals surface area (Å²) in [4.78, 5) is 35.7. The molecule has 0 unspecified atom stereocenters. The maximum absolute atomic E-state index is 12.5. The Hall–Kier alpha value is -1.63. The van der Waals surface area contributed by atoms with E-state index in [-0.39, 0.29) is 23.1 Å². The van der Waals surface area contributed by atoms with Gasteiger partial charge in [0.1, 0.15) is 11.6 Å². The van der Waals surface area contributed by atoms with E-state index in [1.165, 1.54) is 6.92 Å². The highest BCUT2D eigenvalue weighted by Gasteiger charge is 2.64. The number of Topliss-reactive ketones (excluding diaryl/α,β-unsaturated/α-hetero) is 2.